The molecular weight excluding hydrogens is 272 g/mol. The molecule has 0 aromatic carbocycles. The molecule has 1 aromatic rings. The molecule has 1 aromatic heterocycles. The van der Waals surface area contributed by atoms with Crippen LogP contribution in [0.25, 0.3) is 0 Å². The first kappa shape index (κ1) is 14.4. The minimum absolute atomic E-state index is 0.188. The molecule has 0 aliphatic heterocycles. The average Bonchev–Trinajstić information content (AvgIpc) is 3.10. The van der Waals surface area contributed by atoms with Gasteiger partial charge < -0.3 is 9.63 Å². The minimum Gasteiger partial charge on any atom is -0.393 e. The third kappa shape index (κ3) is 3.76. The summed E-state index contributed by atoms with van der Waals surface area (Å²) in [5.74, 6) is 2.70. The van der Waals surface area contributed by atoms with Gasteiger partial charge >= 0.3 is 0 Å². The van der Waals surface area contributed by atoms with Gasteiger partial charge in [-0.2, -0.15) is 16.7 Å². The predicted octanol–water partition coefficient (Wildman–Crippen LogP) is 3.34. The molecule has 112 valence electrons. The molecule has 1 heterocycles. The Morgan fingerprint density at radius 2 is 1.85 bits per heavy atom. The Morgan fingerprint density at radius 1 is 1.10 bits per heavy atom. The molecule has 5 heteroatoms. The van der Waals surface area contributed by atoms with E-state index in [1.54, 1.807) is 0 Å². The minimum atomic E-state index is -0.188. The quantitative estimate of drug-likeness (QED) is 0.903. The fraction of sp³-hybridized carbons (Fsp3) is 0.867. The Morgan fingerprint density at radius 3 is 2.65 bits per heavy atom. The monoisotopic (exact) mass is 296 g/mol. The van der Waals surface area contributed by atoms with Crippen LogP contribution in [0.1, 0.15) is 63.1 Å². The molecule has 0 amide bonds. The summed E-state index contributed by atoms with van der Waals surface area (Å²) in [6.07, 6.45) is 10.3. The molecular formula is C15H24N2O2S. The molecule has 20 heavy (non-hydrogen) atoms. The SMILES string of the molecule is OC1CCCCC1Cc1nc(CSC2CCCC2)no1. The van der Waals surface area contributed by atoms with Gasteiger partial charge in [0, 0.05) is 11.7 Å². The van der Waals surface area contributed by atoms with Crippen LogP contribution in [0.15, 0.2) is 4.52 Å². The summed E-state index contributed by atoms with van der Waals surface area (Å²) in [5.41, 5.74) is 0. The van der Waals surface area contributed by atoms with Crippen LogP contribution in [-0.2, 0) is 12.2 Å². The normalized spacial score (nSPS) is 28.1. The second-order valence-corrected chi connectivity index (χ2v) is 7.43. The molecule has 2 atom stereocenters. The van der Waals surface area contributed by atoms with Crippen LogP contribution in [0.3, 0.4) is 0 Å². The van der Waals surface area contributed by atoms with Crippen molar-refractivity contribution in [3.8, 4) is 0 Å². The molecule has 0 radical (unpaired) electrons. The van der Waals surface area contributed by atoms with Gasteiger partial charge in [0.25, 0.3) is 0 Å². The topological polar surface area (TPSA) is 59.2 Å². The zero-order valence-corrected chi connectivity index (χ0v) is 12.8. The van der Waals surface area contributed by atoms with Gasteiger partial charge in [0.1, 0.15) is 0 Å². The maximum atomic E-state index is 9.99. The van der Waals surface area contributed by atoms with E-state index in [0.717, 1.165) is 42.5 Å². The van der Waals surface area contributed by atoms with Crippen LogP contribution >= 0.6 is 11.8 Å². The van der Waals surface area contributed by atoms with E-state index in [1.165, 1.54) is 32.1 Å². The lowest BCUT2D eigenvalue weighted by molar-refractivity contribution is 0.0657. The van der Waals surface area contributed by atoms with Gasteiger partial charge in [0.15, 0.2) is 5.82 Å². The van der Waals surface area contributed by atoms with E-state index < -0.39 is 0 Å². The van der Waals surface area contributed by atoms with E-state index >= 15 is 0 Å². The summed E-state index contributed by atoms with van der Waals surface area (Å²) >= 11 is 1.96. The first-order chi connectivity index (χ1) is 9.81. The highest BCUT2D eigenvalue weighted by molar-refractivity contribution is 7.99. The van der Waals surface area contributed by atoms with Crippen LogP contribution < -0.4 is 0 Å². The molecule has 2 aliphatic rings. The average molecular weight is 296 g/mol. The van der Waals surface area contributed by atoms with Gasteiger partial charge in [-0.15, -0.1) is 0 Å². The van der Waals surface area contributed by atoms with Crippen LogP contribution in [0, 0.1) is 5.92 Å². The van der Waals surface area contributed by atoms with Crippen LogP contribution in [-0.4, -0.2) is 26.6 Å². The summed E-state index contributed by atoms with van der Waals surface area (Å²) < 4.78 is 5.35. The summed E-state index contributed by atoms with van der Waals surface area (Å²) in [6.45, 7) is 0. The molecule has 2 aliphatic carbocycles. The molecule has 4 nitrogen and oxygen atoms in total. The van der Waals surface area contributed by atoms with Crippen molar-refractivity contribution in [2.45, 2.75) is 74.9 Å². The standard InChI is InChI=1S/C15H24N2O2S/c18-13-8-4-1-5-11(13)9-15-16-14(17-19-15)10-20-12-6-2-3-7-12/h11-13,18H,1-10H2. The van der Waals surface area contributed by atoms with Gasteiger partial charge in [0.2, 0.25) is 5.89 Å². The Kier molecular flexibility index (Phi) is 4.99. The van der Waals surface area contributed by atoms with Crippen LogP contribution in [0.4, 0.5) is 0 Å². The first-order valence-corrected chi connectivity index (χ1v) is 8.97. The Balaban J connectivity index is 1.48. The molecule has 2 saturated carbocycles. The third-order valence-electron chi connectivity index (χ3n) is 4.57. The van der Waals surface area contributed by atoms with Crippen molar-refractivity contribution in [1.82, 2.24) is 10.1 Å². The number of aliphatic hydroxyl groups excluding tert-OH is 1. The van der Waals surface area contributed by atoms with E-state index in [9.17, 15) is 5.11 Å². The van der Waals surface area contributed by atoms with Gasteiger partial charge in [0.05, 0.1) is 11.9 Å². The number of hydrogen-bond donors (Lipinski definition) is 1. The van der Waals surface area contributed by atoms with E-state index in [1.807, 2.05) is 11.8 Å². The van der Waals surface area contributed by atoms with E-state index in [-0.39, 0.29) is 6.10 Å². The Bertz CT molecular complexity index is 418. The second-order valence-electron chi connectivity index (χ2n) is 6.14. The highest BCUT2D eigenvalue weighted by Crippen LogP contribution is 2.31. The van der Waals surface area contributed by atoms with Crippen molar-refractivity contribution in [2.75, 3.05) is 0 Å². The van der Waals surface area contributed by atoms with E-state index in [2.05, 4.69) is 10.1 Å². The lowest BCUT2D eigenvalue weighted by atomic mass is 9.84. The van der Waals surface area contributed by atoms with Crippen molar-refractivity contribution in [3.05, 3.63) is 11.7 Å². The van der Waals surface area contributed by atoms with Gasteiger partial charge in [-0.25, -0.2) is 0 Å². The molecule has 3 rings (SSSR count). The lowest BCUT2D eigenvalue weighted by Crippen LogP contribution is -2.26. The van der Waals surface area contributed by atoms with Crippen LogP contribution in [0.5, 0.6) is 0 Å². The fourth-order valence-corrected chi connectivity index (χ4v) is 4.50. The lowest BCUT2D eigenvalue weighted by Gasteiger charge is -2.26. The number of aliphatic hydroxyl groups is 1. The highest BCUT2D eigenvalue weighted by Gasteiger charge is 2.25. The summed E-state index contributed by atoms with van der Waals surface area (Å²) in [4.78, 5) is 4.49. The largest absolute Gasteiger partial charge is 0.393 e. The van der Waals surface area contributed by atoms with E-state index in [4.69, 9.17) is 4.52 Å². The summed E-state index contributed by atoms with van der Waals surface area (Å²) in [7, 11) is 0. The molecule has 0 bridgehead atoms. The number of rotatable bonds is 5. The van der Waals surface area contributed by atoms with Crippen molar-refractivity contribution < 1.29 is 9.63 Å². The third-order valence-corrected chi connectivity index (χ3v) is 5.93. The fourth-order valence-electron chi connectivity index (χ4n) is 3.33. The number of thioether (sulfide) groups is 1. The zero-order chi connectivity index (χ0) is 13.8. The number of hydrogen-bond acceptors (Lipinski definition) is 5. The Labute approximate surface area is 124 Å². The smallest absolute Gasteiger partial charge is 0.227 e. The highest BCUT2D eigenvalue weighted by atomic mass is 32.2. The zero-order valence-electron chi connectivity index (χ0n) is 12.0. The summed E-state index contributed by atoms with van der Waals surface area (Å²) in [5, 5.41) is 14.9. The first-order valence-electron chi connectivity index (χ1n) is 7.92. The van der Waals surface area contributed by atoms with Crippen molar-refractivity contribution in [1.29, 1.82) is 0 Å². The maximum Gasteiger partial charge on any atom is 0.227 e. The van der Waals surface area contributed by atoms with Crippen molar-refractivity contribution in [2.24, 2.45) is 5.92 Å². The van der Waals surface area contributed by atoms with Crippen molar-refractivity contribution in [3.63, 3.8) is 0 Å². The Hall–Kier alpha value is -0.550. The number of nitrogens with zero attached hydrogens (tertiary/aromatic N) is 2. The van der Waals surface area contributed by atoms with E-state index in [0.29, 0.717) is 11.8 Å². The van der Waals surface area contributed by atoms with Crippen molar-refractivity contribution >= 4 is 11.8 Å². The van der Waals surface area contributed by atoms with Gasteiger partial charge in [-0.05, 0) is 31.6 Å². The molecule has 0 spiro atoms. The maximum absolute atomic E-state index is 9.99. The molecule has 0 saturated heterocycles. The summed E-state index contributed by atoms with van der Waals surface area (Å²) in [6, 6.07) is 0. The number of aromatic nitrogens is 2. The molecule has 2 unspecified atom stereocenters. The molecule has 1 N–H and O–H groups in total. The molecule has 2 fully saturated rings. The second kappa shape index (κ2) is 6.94. The van der Waals surface area contributed by atoms with Gasteiger partial charge in [-0.1, -0.05) is 30.8 Å². The van der Waals surface area contributed by atoms with Crippen LogP contribution in [0.2, 0.25) is 0 Å². The predicted molar refractivity (Wildman–Crippen MR) is 79.5 cm³/mol. The van der Waals surface area contributed by atoms with Gasteiger partial charge in [-0.3, -0.25) is 0 Å².